The summed E-state index contributed by atoms with van der Waals surface area (Å²) in [5.41, 5.74) is 0.451. The van der Waals surface area contributed by atoms with Crippen LogP contribution in [-0.2, 0) is 13.0 Å². The van der Waals surface area contributed by atoms with Crippen molar-refractivity contribution in [2.75, 3.05) is 11.5 Å². The average molecular weight is 280 g/mol. The second-order valence-corrected chi connectivity index (χ2v) is 7.73. The van der Waals surface area contributed by atoms with Gasteiger partial charge in [-0.3, -0.25) is 0 Å². The lowest BCUT2D eigenvalue weighted by molar-refractivity contribution is 0.300. The van der Waals surface area contributed by atoms with Gasteiger partial charge < -0.3 is 9.88 Å². The summed E-state index contributed by atoms with van der Waals surface area (Å²) in [5, 5.41) is 12.5. The van der Waals surface area contributed by atoms with Crippen LogP contribution in [0.25, 0.3) is 0 Å². The van der Waals surface area contributed by atoms with E-state index in [2.05, 4.69) is 52.6 Å². The van der Waals surface area contributed by atoms with Gasteiger partial charge in [-0.25, -0.2) is 0 Å². The molecule has 1 aromatic rings. The van der Waals surface area contributed by atoms with Gasteiger partial charge in [0.2, 0.25) is 0 Å². The fourth-order valence-corrected chi connectivity index (χ4v) is 4.58. The SMILES string of the molecule is CC(NC1CSCC(C)(C)C1)c1nnc2n1CCC2. The molecule has 2 atom stereocenters. The highest BCUT2D eigenvalue weighted by molar-refractivity contribution is 7.99. The molecule has 19 heavy (non-hydrogen) atoms. The average Bonchev–Trinajstić information content (AvgIpc) is 2.88. The molecule has 106 valence electrons. The van der Waals surface area contributed by atoms with E-state index in [-0.39, 0.29) is 0 Å². The summed E-state index contributed by atoms with van der Waals surface area (Å²) in [4.78, 5) is 0. The predicted molar refractivity (Wildman–Crippen MR) is 79.4 cm³/mol. The van der Waals surface area contributed by atoms with E-state index >= 15 is 0 Å². The number of hydrogen-bond acceptors (Lipinski definition) is 4. The van der Waals surface area contributed by atoms with Gasteiger partial charge >= 0.3 is 0 Å². The van der Waals surface area contributed by atoms with Gasteiger partial charge in [0, 0.05) is 24.8 Å². The molecule has 0 saturated carbocycles. The Labute approximate surface area is 119 Å². The van der Waals surface area contributed by atoms with Crippen molar-refractivity contribution in [3.05, 3.63) is 11.6 Å². The maximum absolute atomic E-state index is 4.38. The second kappa shape index (κ2) is 5.09. The Morgan fingerprint density at radius 3 is 3.05 bits per heavy atom. The third-order valence-electron chi connectivity index (χ3n) is 4.12. The van der Waals surface area contributed by atoms with Crippen LogP contribution in [0, 0.1) is 5.41 Å². The highest BCUT2D eigenvalue weighted by atomic mass is 32.2. The molecule has 0 bridgehead atoms. The van der Waals surface area contributed by atoms with Gasteiger partial charge in [-0.2, -0.15) is 11.8 Å². The van der Waals surface area contributed by atoms with Crippen molar-refractivity contribution in [1.29, 1.82) is 0 Å². The first-order valence-corrected chi connectivity index (χ1v) is 8.46. The Morgan fingerprint density at radius 2 is 2.26 bits per heavy atom. The van der Waals surface area contributed by atoms with Crippen molar-refractivity contribution in [3.8, 4) is 0 Å². The van der Waals surface area contributed by atoms with E-state index in [1.807, 2.05) is 0 Å². The zero-order valence-corrected chi connectivity index (χ0v) is 13.0. The lowest BCUT2D eigenvalue weighted by atomic mass is 9.87. The molecule has 2 aliphatic rings. The van der Waals surface area contributed by atoms with Crippen LogP contribution < -0.4 is 5.32 Å². The molecule has 0 aromatic carbocycles. The van der Waals surface area contributed by atoms with Gasteiger partial charge in [0.15, 0.2) is 0 Å². The number of fused-ring (bicyclic) bond motifs is 1. The molecule has 1 aromatic heterocycles. The standard InChI is InChI=1S/C14H24N4S/c1-10(13-17-16-12-5-4-6-18(12)13)15-11-7-14(2,3)9-19-8-11/h10-11,15H,4-9H2,1-3H3. The van der Waals surface area contributed by atoms with Crippen molar-refractivity contribution in [1.82, 2.24) is 20.1 Å². The first-order chi connectivity index (χ1) is 9.05. The summed E-state index contributed by atoms with van der Waals surface area (Å²) in [5.74, 6) is 4.79. The summed E-state index contributed by atoms with van der Waals surface area (Å²) in [7, 11) is 0. The van der Waals surface area contributed by atoms with Crippen LogP contribution in [-0.4, -0.2) is 32.3 Å². The number of thioether (sulfide) groups is 1. The predicted octanol–water partition coefficient (Wildman–Crippen LogP) is 2.41. The Balaban J connectivity index is 1.66. The molecule has 0 aliphatic carbocycles. The second-order valence-electron chi connectivity index (χ2n) is 6.70. The molecule has 4 nitrogen and oxygen atoms in total. The van der Waals surface area contributed by atoms with Gasteiger partial charge in [-0.05, 0) is 30.9 Å². The van der Waals surface area contributed by atoms with Crippen LogP contribution in [0.1, 0.15) is 51.3 Å². The maximum Gasteiger partial charge on any atom is 0.149 e. The fraction of sp³-hybridized carbons (Fsp3) is 0.857. The third kappa shape index (κ3) is 2.82. The monoisotopic (exact) mass is 280 g/mol. The largest absolute Gasteiger partial charge is 0.314 e. The van der Waals surface area contributed by atoms with E-state index < -0.39 is 0 Å². The lowest BCUT2D eigenvalue weighted by Crippen LogP contribution is -2.42. The first kappa shape index (κ1) is 13.4. The Kier molecular flexibility index (Phi) is 3.60. The lowest BCUT2D eigenvalue weighted by Gasteiger charge is -2.36. The number of aryl methyl sites for hydroxylation is 1. The van der Waals surface area contributed by atoms with Crippen LogP contribution >= 0.6 is 11.8 Å². The van der Waals surface area contributed by atoms with E-state index in [0.29, 0.717) is 17.5 Å². The molecule has 0 amide bonds. The molecular weight excluding hydrogens is 256 g/mol. The zero-order chi connectivity index (χ0) is 13.5. The molecule has 1 N–H and O–H groups in total. The van der Waals surface area contributed by atoms with E-state index in [0.717, 1.165) is 18.8 Å². The summed E-state index contributed by atoms with van der Waals surface area (Å²) in [6, 6.07) is 0.900. The molecule has 5 heteroatoms. The molecule has 2 unspecified atom stereocenters. The minimum Gasteiger partial charge on any atom is -0.314 e. The molecule has 1 fully saturated rings. The molecule has 3 rings (SSSR count). The number of nitrogens with one attached hydrogen (secondary N) is 1. The number of hydrogen-bond donors (Lipinski definition) is 1. The van der Waals surface area contributed by atoms with Crippen LogP contribution in [0.5, 0.6) is 0 Å². The van der Waals surface area contributed by atoms with Crippen molar-refractivity contribution >= 4 is 11.8 Å². The van der Waals surface area contributed by atoms with Crippen LogP contribution in [0.4, 0.5) is 0 Å². The minimum atomic E-state index is 0.304. The van der Waals surface area contributed by atoms with Crippen molar-refractivity contribution in [3.63, 3.8) is 0 Å². The van der Waals surface area contributed by atoms with Gasteiger partial charge in [0.25, 0.3) is 0 Å². The minimum absolute atomic E-state index is 0.304. The number of rotatable bonds is 3. The van der Waals surface area contributed by atoms with Gasteiger partial charge in [0.05, 0.1) is 6.04 Å². The highest BCUT2D eigenvalue weighted by Crippen LogP contribution is 2.34. The number of aromatic nitrogens is 3. The summed E-state index contributed by atoms with van der Waals surface area (Å²) >= 11 is 2.07. The topological polar surface area (TPSA) is 42.7 Å². The Hall–Kier alpha value is -0.550. The number of nitrogens with zero attached hydrogens (tertiary/aromatic N) is 3. The van der Waals surface area contributed by atoms with Gasteiger partial charge in [0.1, 0.15) is 11.6 Å². The Morgan fingerprint density at radius 1 is 1.42 bits per heavy atom. The smallest absolute Gasteiger partial charge is 0.149 e. The summed E-state index contributed by atoms with van der Waals surface area (Å²) in [6.07, 6.45) is 3.56. The summed E-state index contributed by atoms with van der Waals surface area (Å²) < 4.78 is 2.30. The fourth-order valence-electron chi connectivity index (χ4n) is 3.29. The first-order valence-electron chi connectivity index (χ1n) is 7.31. The van der Waals surface area contributed by atoms with Crippen molar-refractivity contribution < 1.29 is 0 Å². The quantitative estimate of drug-likeness (QED) is 0.923. The van der Waals surface area contributed by atoms with E-state index in [4.69, 9.17) is 0 Å². The zero-order valence-electron chi connectivity index (χ0n) is 12.1. The van der Waals surface area contributed by atoms with E-state index in [9.17, 15) is 0 Å². The van der Waals surface area contributed by atoms with Crippen LogP contribution in [0.2, 0.25) is 0 Å². The van der Waals surface area contributed by atoms with Crippen LogP contribution in [0.15, 0.2) is 0 Å². The normalized spacial score (nSPS) is 27.2. The van der Waals surface area contributed by atoms with E-state index in [1.54, 1.807) is 0 Å². The highest BCUT2D eigenvalue weighted by Gasteiger charge is 2.30. The molecule has 3 heterocycles. The van der Waals surface area contributed by atoms with Crippen molar-refractivity contribution in [2.45, 2.75) is 58.7 Å². The Bertz CT molecular complexity index is 454. The van der Waals surface area contributed by atoms with Gasteiger partial charge in [-0.1, -0.05) is 13.8 Å². The maximum atomic E-state index is 4.38. The van der Waals surface area contributed by atoms with Crippen LogP contribution in [0.3, 0.4) is 0 Å². The third-order valence-corrected chi connectivity index (χ3v) is 5.75. The molecule has 1 saturated heterocycles. The van der Waals surface area contributed by atoms with Crippen molar-refractivity contribution in [2.24, 2.45) is 5.41 Å². The molecule has 2 aliphatic heterocycles. The van der Waals surface area contributed by atoms with Gasteiger partial charge in [-0.15, -0.1) is 10.2 Å². The summed E-state index contributed by atoms with van der Waals surface area (Å²) in [6.45, 7) is 8.05. The molecule has 0 spiro atoms. The van der Waals surface area contributed by atoms with E-state index in [1.165, 1.54) is 30.2 Å². The molecule has 0 radical (unpaired) electrons. The molecular formula is C14H24N4S.